The number of Topliss-reactive ketones (excluding diaryl/α,β-unsaturated/α-hetero) is 2. The first kappa shape index (κ1) is 14.2. The Morgan fingerprint density at radius 1 is 1.15 bits per heavy atom. The summed E-state index contributed by atoms with van der Waals surface area (Å²) in [5, 5.41) is 6.40. The molecule has 0 radical (unpaired) electrons. The van der Waals surface area contributed by atoms with Gasteiger partial charge >= 0.3 is 6.18 Å². The van der Waals surface area contributed by atoms with Gasteiger partial charge in [-0.1, -0.05) is 0 Å². The van der Waals surface area contributed by atoms with Crippen molar-refractivity contribution in [1.82, 2.24) is 19.7 Å². The molecule has 20 heavy (non-hydrogen) atoms. The van der Waals surface area contributed by atoms with Gasteiger partial charge in [0.25, 0.3) is 11.7 Å². The van der Waals surface area contributed by atoms with Crippen LogP contribution in [0.5, 0.6) is 0 Å². The zero-order valence-electron chi connectivity index (χ0n) is 10.3. The van der Waals surface area contributed by atoms with Gasteiger partial charge in [0.2, 0.25) is 11.6 Å². The second kappa shape index (κ2) is 4.69. The molecule has 108 valence electrons. The molecule has 1 aromatic rings. The fourth-order valence-corrected chi connectivity index (χ4v) is 1.83. The van der Waals surface area contributed by atoms with Gasteiger partial charge in [-0.25, -0.2) is 0 Å². The second-order valence-corrected chi connectivity index (χ2v) is 4.20. The minimum Gasteiger partial charge on any atom is -0.326 e. The molecule has 0 saturated heterocycles. The van der Waals surface area contributed by atoms with E-state index in [2.05, 4.69) is 10.2 Å². The molecule has 0 aromatic carbocycles. The fourth-order valence-electron chi connectivity index (χ4n) is 1.83. The third-order valence-corrected chi connectivity index (χ3v) is 2.81. The number of fused-ring (bicyclic) bond motifs is 1. The molecule has 1 amide bonds. The van der Waals surface area contributed by atoms with E-state index in [1.54, 1.807) is 0 Å². The summed E-state index contributed by atoms with van der Waals surface area (Å²) < 4.78 is 38.6. The summed E-state index contributed by atoms with van der Waals surface area (Å²) in [6.45, 7) is 0.357. The van der Waals surface area contributed by atoms with Crippen LogP contribution in [0.15, 0.2) is 0 Å². The topological polar surface area (TPSA) is 85.2 Å². The number of carbonyl (C=O) groups is 3. The number of carbonyl (C=O) groups excluding carboxylic acids is 3. The van der Waals surface area contributed by atoms with Crippen molar-refractivity contribution in [3.63, 3.8) is 0 Å². The standard InChI is InChI=1S/C10H9F3N4O3/c1-5(18)7(19)8(20)16-2-3-17-6(4-16)14-15-9(17)10(11,12)13/h2-4H2,1H3. The molecule has 1 aromatic heterocycles. The minimum atomic E-state index is -4.63. The molecule has 7 nitrogen and oxygen atoms in total. The van der Waals surface area contributed by atoms with Gasteiger partial charge in [0.05, 0.1) is 6.54 Å². The first-order chi connectivity index (χ1) is 9.21. The number of ketones is 2. The average Bonchev–Trinajstić information content (AvgIpc) is 2.79. The van der Waals surface area contributed by atoms with E-state index >= 15 is 0 Å². The van der Waals surface area contributed by atoms with Crippen LogP contribution in [0.3, 0.4) is 0 Å². The Kier molecular flexibility index (Phi) is 3.32. The fraction of sp³-hybridized carbons (Fsp3) is 0.500. The minimum absolute atomic E-state index is 0.0757. The first-order valence-electron chi connectivity index (χ1n) is 5.55. The van der Waals surface area contributed by atoms with Crippen molar-refractivity contribution in [2.75, 3.05) is 6.54 Å². The molecule has 2 rings (SSSR count). The quantitative estimate of drug-likeness (QED) is 0.556. The van der Waals surface area contributed by atoms with Crippen LogP contribution in [0, 0.1) is 0 Å². The Labute approximate surface area is 110 Å². The van der Waals surface area contributed by atoms with E-state index in [1.165, 1.54) is 0 Å². The maximum Gasteiger partial charge on any atom is 0.451 e. The van der Waals surface area contributed by atoms with E-state index in [1.807, 2.05) is 0 Å². The highest BCUT2D eigenvalue weighted by Crippen LogP contribution is 2.29. The monoisotopic (exact) mass is 290 g/mol. The van der Waals surface area contributed by atoms with Crippen LogP contribution in [0.4, 0.5) is 13.2 Å². The van der Waals surface area contributed by atoms with Gasteiger partial charge in [0.15, 0.2) is 5.82 Å². The largest absolute Gasteiger partial charge is 0.451 e. The van der Waals surface area contributed by atoms with Crippen molar-refractivity contribution in [2.24, 2.45) is 0 Å². The van der Waals surface area contributed by atoms with Crippen LogP contribution >= 0.6 is 0 Å². The Bertz CT molecular complexity index is 593. The van der Waals surface area contributed by atoms with E-state index < -0.39 is 29.5 Å². The number of hydrogen-bond acceptors (Lipinski definition) is 5. The van der Waals surface area contributed by atoms with Gasteiger partial charge in [-0.05, 0) is 0 Å². The lowest BCUT2D eigenvalue weighted by Gasteiger charge is -2.27. The van der Waals surface area contributed by atoms with E-state index in [0.29, 0.717) is 0 Å². The Morgan fingerprint density at radius 3 is 2.35 bits per heavy atom. The highest BCUT2D eigenvalue weighted by atomic mass is 19.4. The van der Waals surface area contributed by atoms with Gasteiger partial charge < -0.3 is 9.47 Å². The summed E-state index contributed by atoms with van der Waals surface area (Å²) in [5.41, 5.74) is 0. The predicted molar refractivity (Wildman–Crippen MR) is 56.1 cm³/mol. The highest BCUT2D eigenvalue weighted by Gasteiger charge is 2.40. The first-order valence-corrected chi connectivity index (χ1v) is 5.55. The molecule has 0 unspecified atom stereocenters. The lowest BCUT2D eigenvalue weighted by Crippen LogP contribution is -2.44. The smallest absolute Gasteiger partial charge is 0.326 e. The van der Waals surface area contributed by atoms with Crippen molar-refractivity contribution in [1.29, 1.82) is 0 Å². The lowest BCUT2D eigenvalue weighted by molar-refractivity contribution is -0.151. The summed E-state index contributed by atoms with van der Waals surface area (Å²) >= 11 is 0. The summed E-state index contributed by atoms with van der Waals surface area (Å²) in [7, 11) is 0. The summed E-state index contributed by atoms with van der Waals surface area (Å²) in [6, 6.07) is 0. The molecule has 10 heteroatoms. The molecule has 1 aliphatic heterocycles. The van der Waals surface area contributed by atoms with Crippen molar-refractivity contribution in [3.8, 4) is 0 Å². The van der Waals surface area contributed by atoms with Crippen molar-refractivity contribution >= 4 is 17.5 Å². The van der Waals surface area contributed by atoms with Gasteiger partial charge in [-0.2, -0.15) is 13.2 Å². The summed E-state index contributed by atoms with van der Waals surface area (Å²) in [6.07, 6.45) is -4.63. The molecule has 0 spiro atoms. The van der Waals surface area contributed by atoms with Crippen LogP contribution in [0.1, 0.15) is 18.6 Å². The van der Waals surface area contributed by atoms with Crippen molar-refractivity contribution in [2.45, 2.75) is 26.2 Å². The van der Waals surface area contributed by atoms with Crippen LogP contribution in [0.2, 0.25) is 0 Å². The van der Waals surface area contributed by atoms with Crippen LogP contribution in [0.25, 0.3) is 0 Å². The Hall–Kier alpha value is -2.26. The molecule has 0 N–H and O–H groups in total. The molecule has 0 aliphatic carbocycles. The Balaban J connectivity index is 2.21. The number of rotatable bonds is 2. The SMILES string of the molecule is CC(=O)C(=O)C(=O)N1CCn2c(nnc2C(F)(F)F)C1. The van der Waals surface area contributed by atoms with Crippen LogP contribution < -0.4 is 0 Å². The van der Waals surface area contributed by atoms with Crippen molar-refractivity contribution in [3.05, 3.63) is 11.6 Å². The Morgan fingerprint density at radius 2 is 1.80 bits per heavy atom. The number of halogens is 3. The molecular formula is C10H9F3N4O3. The zero-order chi connectivity index (χ0) is 15.1. The van der Waals surface area contributed by atoms with Crippen LogP contribution in [-0.4, -0.2) is 43.7 Å². The van der Waals surface area contributed by atoms with Gasteiger partial charge in [-0.3, -0.25) is 14.4 Å². The number of hydrogen-bond donors (Lipinski definition) is 0. The predicted octanol–water partition coefficient (Wildman–Crippen LogP) is -0.203. The maximum absolute atomic E-state index is 12.6. The number of amides is 1. The third-order valence-electron chi connectivity index (χ3n) is 2.81. The number of aromatic nitrogens is 3. The van der Waals surface area contributed by atoms with E-state index in [0.717, 1.165) is 16.4 Å². The molecule has 2 heterocycles. The molecule has 1 aliphatic rings. The zero-order valence-corrected chi connectivity index (χ0v) is 10.3. The molecule has 0 fully saturated rings. The average molecular weight is 290 g/mol. The highest BCUT2D eigenvalue weighted by molar-refractivity contribution is 6.62. The van der Waals surface area contributed by atoms with E-state index in [-0.39, 0.29) is 25.5 Å². The van der Waals surface area contributed by atoms with Crippen LogP contribution in [-0.2, 0) is 33.6 Å². The second-order valence-electron chi connectivity index (χ2n) is 4.20. The molecular weight excluding hydrogens is 281 g/mol. The summed E-state index contributed by atoms with van der Waals surface area (Å²) in [4.78, 5) is 34.7. The van der Waals surface area contributed by atoms with Gasteiger partial charge in [0.1, 0.15) is 0 Å². The number of nitrogens with zero attached hydrogens (tertiary/aromatic N) is 4. The lowest BCUT2D eigenvalue weighted by atomic mass is 10.2. The van der Waals surface area contributed by atoms with Crippen molar-refractivity contribution < 1.29 is 27.6 Å². The van der Waals surface area contributed by atoms with E-state index in [4.69, 9.17) is 0 Å². The molecule has 0 bridgehead atoms. The third kappa shape index (κ3) is 2.40. The van der Waals surface area contributed by atoms with Gasteiger partial charge in [0, 0.05) is 20.0 Å². The molecule has 0 atom stereocenters. The van der Waals surface area contributed by atoms with Gasteiger partial charge in [-0.15, -0.1) is 10.2 Å². The normalized spacial score (nSPS) is 14.9. The maximum atomic E-state index is 12.6. The number of alkyl halides is 3. The molecule has 0 saturated carbocycles. The summed E-state index contributed by atoms with van der Waals surface area (Å²) in [5.74, 6) is -4.38. The van der Waals surface area contributed by atoms with E-state index in [9.17, 15) is 27.6 Å².